The first-order valence-corrected chi connectivity index (χ1v) is 6.74. The van der Waals surface area contributed by atoms with Crippen LogP contribution in [0.15, 0.2) is 24.3 Å². The second-order valence-corrected chi connectivity index (χ2v) is 6.00. The Morgan fingerprint density at radius 1 is 1.35 bits per heavy atom. The molecule has 0 saturated heterocycles. The molecule has 4 nitrogen and oxygen atoms in total. The summed E-state index contributed by atoms with van der Waals surface area (Å²) >= 11 is 0. The lowest BCUT2D eigenvalue weighted by molar-refractivity contribution is -0.126. The maximum atomic E-state index is 11.9. The van der Waals surface area contributed by atoms with E-state index in [1.54, 1.807) is 31.2 Å². The van der Waals surface area contributed by atoms with Crippen LogP contribution in [0.1, 0.15) is 39.7 Å². The molecule has 0 aliphatic carbocycles. The highest BCUT2D eigenvalue weighted by Crippen LogP contribution is 2.18. The predicted octanol–water partition coefficient (Wildman–Crippen LogP) is 3.34. The number of anilines is 1. The summed E-state index contributed by atoms with van der Waals surface area (Å²) in [5, 5.41) is 11.5. The van der Waals surface area contributed by atoms with Gasteiger partial charge in [-0.15, -0.1) is 0 Å². The van der Waals surface area contributed by atoms with Gasteiger partial charge >= 0.3 is 0 Å². The van der Waals surface area contributed by atoms with Gasteiger partial charge in [0.25, 0.3) is 5.91 Å². The molecular formula is C16H22N2O2. The van der Waals surface area contributed by atoms with Crippen molar-refractivity contribution >= 4 is 11.6 Å². The number of carbonyl (C=O) groups excluding carboxylic acids is 1. The van der Waals surface area contributed by atoms with E-state index in [2.05, 4.69) is 26.1 Å². The number of benzene rings is 1. The van der Waals surface area contributed by atoms with Crippen molar-refractivity contribution < 1.29 is 9.53 Å². The minimum atomic E-state index is -0.493. The van der Waals surface area contributed by atoms with E-state index in [1.165, 1.54) is 0 Å². The molecule has 4 heteroatoms. The van der Waals surface area contributed by atoms with Crippen molar-refractivity contribution in [3.05, 3.63) is 29.8 Å². The largest absolute Gasteiger partial charge is 0.369 e. The number of nitrogens with zero attached hydrogens (tertiary/aromatic N) is 1. The van der Waals surface area contributed by atoms with E-state index >= 15 is 0 Å². The zero-order chi connectivity index (χ0) is 15.2. The van der Waals surface area contributed by atoms with Crippen molar-refractivity contribution in [1.29, 1.82) is 5.26 Å². The lowest BCUT2D eigenvalue weighted by Crippen LogP contribution is -2.28. The topological polar surface area (TPSA) is 62.1 Å². The highest BCUT2D eigenvalue weighted by atomic mass is 16.5. The van der Waals surface area contributed by atoms with Gasteiger partial charge in [-0.25, -0.2) is 0 Å². The zero-order valence-corrected chi connectivity index (χ0v) is 12.6. The second-order valence-electron chi connectivity index (χ2n) is 6.00. The van der Waals surface area contributed by atoms with Gasteiger partial charge in [-0.3, -0.25) is 4.79 Å². The monoisotopic (exact) mass is 274 g/mol. The molecule has 0 aliphatic rings. The van der Waals surface area contributed by atoms with Gasteiger partial charge in [-0.05, 0) is 43.0 Å². The Morgan fingerprint density at radius 3 is 2.45 bits per heavy atom. The summed E-state index contributed by atoms with van der Waals surface area (Å²) in [5.74, 6) is -0.177. The van der Waals surface area contributed by atoms with Crippen molar-refractivity contribution in [1.82, 2.24) is 0 Å². The quantitative estimate of drug-likeness (QED) is 0.895. The number of nitriles is 1. The summed E-state index contributed by atoms with van der Waals surface area (Å²) in [7, 11) is 0. The molecule has 108 valence electrons. The molecule has 0 fully saturated rings. The van der Waals surface area contributed by atoms with Gasteiger partial charge in [-0.2, -0.15) is 5.26 Å². The van der Waals surface area contributed by atoms with Crippen molar-refractivity contribution in [2.75, 3.05) is 11.9 Å². The van der Waals surface area contributed by atoms with Crippen LogP contribution in [0.5, 0.6) is 0 Å². The SMILES string of the molecule is CC(OCCC(C)(C)C)C(=O)Nc1ccc(C#N)cc1. The summed E-state index contributed by atoms with van der Waals surface area (Å²) in [5.41, 5.74) is 1.43. The highest BCUT2D eigenvalue weighted by Gasteiger charge is 2.16. The Bertz CT molecular complexity index is 481. The standard InChI is InChI=1S/C16H22N2O2/c1-12(20-10-9-16(2,3)4)15(19)18-14-7-5-13(11-17)6-8-14/h5-8,12H,9-10H2,1-4H3,(H,18,19). The third-order valence-corrected chi connectivity index (χ3v) is 2.87. The molecule has 0 radical (unpaired) electrons. The van der Waals surface area contributed by atoms with Gasteiger partial charge in [0.2, 0.25) is 0 Å². The molecule has 1 atom stereocenters. The fraction of sp³-hybridized carbons (Fsp3) is 0.500. The maximum Gasteiger partial charge on any atom is 0.253 e. The fourth-order valence-electron chi connectivity index (χ4n) is 1.49. The van der Waals surface area contributed by atoms with Gasteiger partial charge < -0.3 is 10.1 Å². The minimum absolute atomic E-state index is 0.177. The van der Waals surface area contributed by atoms with Gasteiger partial charge in [0.1, 0.15) is 6.10 Å². The smallest absolute Gasteiger partial charge is 0.253 e. The average Bonchev–Trinajstić information content (AvgIpc) is 2.38. The molecule has 20 heavy (non-hydrogen) atoms. The Kier molecular flexibility index (Phi) is 5.72. The highest BCUT2D eigenvalue weighted by molar-refractivity contribution is 5.93. The van der Waals surface area contributed by atoms with Crippen LogP contribution in [0.2, 0.25) is 0 Å². The molecule has 0 spiro atoms. The predicted molar refractivity (Wildman–Crippen MR) is 79.3 cm³/mol. The van der Waals surface area contributed by atoms with E-state index in [1.807, 2.05) is 6.07 Å². The summed E-state index contributed by atoms with van der Waals surface area (Å²) in [6, 6.07) is 8.78. The summed E-state index contributed by atoms with van der Waals surface area (Å²) in [4.78, 5) is 11.9. The maximum absolute atomic E-state index is 11.9. The Morgan fingerprint density at radius 2 is 1.95 bits per heavy atom. The molecule has 1 amide bonds. The molecule has 1 unspecified atom stereocenters. The minimum Gasteiger partial charge on any atom is -0.369 e. The second kappa shape index (κ2) is 7.06. The van der Waals surface area contributed by atoms with Crippen molar-refractivity contribution in [3.8, 4) is 6.07 Å². The van der Waals surface area contributed by atoms with E-state index in [0.717, 1.165) is 6.42 Å². The number of rotatable bonds is 5. The number of amides is 1. The Balaban J connectivity index is 2.43. The first kappa shape index (κ1) is 16.2. The molecule has 1 aromatic carbocycles. The Labute approximate surface area is 120 Å². The van der Waals surface area contributed by atoms with Gasteiger partial charge in [0.15, 0.2) is 0 Å². The lowest BCUT2D eigenvalue weighted by atomic mass is 9.93. The molecule has 1 rings (SSSR count). The number of ether oxygens (including phenoxy) is 1. The van der Waals surface area contributed by atoms with Gasteiger partial charge in [-0.1, -0.05) is 20.8 Å². The van der Waals surface area contributed by atoms with Gasteiger partial charge in [0, 0.05) is 12.3 Å². The molecule has 1 N–H and O–H groups in total. The average molecular weight is 274 g/mol. The molecule has 0 aliphatic heterocycles. The number of nitrogens with one attached hydrogen (secondary N) is 1. The molecule has 0 heterocycles. The van der Waals surface area contributed by atoms with E-state index in [9.17, 15) is 4.79 Å². The lowest BCUT2D eigenvalue weighted by Gasteiger charge is -2.20. The molecule has 0 bridgehead atoms. The van der Waals surface area contributed by atoms with E-state index in [4.69, 9.17) is 10.00 Å². The van der Waals surface area contributed by atoms with Crippen LogP contribution in [0.25, 0.3) is 0 Å². The van der Waals surface area contributed by atoms with Crippen LogP contribution < -0.4 is 5.32 Å². The zero-order valence-electron chi connectivity index (χ0n) is 12.6. The third kappa shape index (κ3) is 5.85. The number of carbonyl (C=O) groups is 1. The Hall–Kier alpha value is -1.86. The van der Waals surface area contributed by atoms with Gasteiger partial charge in [0.05, 0.1) is 11.6 Å². The summed E-state index contributed by atoms with van der Waals surface area (Å²) in [6.07, 6.45) is 0.412. The molecule has 0 saturated carbocycles. The number of hydrogen-bond acceptors (Lipinski definition) is 3. The molecule has 0 aromatic heterocycles. The normalized spacial score (nSPS) is 12.6. The van der Waals surface area contributed by atoms with Crippen LogP contribution in [-0.2, 0) is 9.53 Å². The number of hydrogen-bond donors (Lipinski definition) is 1. The van der Waals surface area contributed by atoms with Crippen LogP contribution in [-0.4, -0.2) is 18.6 Å². The molecule has 1 aromatic rings. The summed E-state index contributed by atoms with van der Waals surface area (Å²) < 4.78 is 5.53. The van der Waals surface area contributed by atoms with Crippen LogP contribution in [0, 0.1) is 16.7 Å². The fourth-order valence-corrected chi connectivity index (χ4v) is 1.49. The first-order chi connectivity index (χ1) is 9.31. The van der Waals surface area contributed by atoms with Crippen molar-refractivity contribution in [2.24, 2.45) is 5.41 Å². The van der Waals surface area contributed by atoms with Crippen molar-refractivity contribution in [3.63, 3.8) is 0 Å². The third-order valence-electron chi connectivity index (χ3n) is 2.87. The van der Waals surface area contributed by atoms with E-state index in [0.29, 0.717) is 17.9 Å². The van der Waals surface area contributed by atoms with Crippen LogP contribution >= 0.6 is 0 Å². The van der Waals surface area contributed by atoms with E-state index in [-0.39, 0.29) is 11.3 Å². The van der Waals surface area contributed by atoms with Crippen molar-refractivity contribution in [2.45, 2.75) is 40.2 Å². The first-order valence-electron chi connectivity index (χ1n) is 6.74. The van der Waals surface area contributed by atoms with Crippen LogP contribution in [0.4, 0.5) is 5.69 Å². The molecular weight excluding hydrogens is 252 g/mol. The van der Waals surface area contributed by atoms with E-state index < -0.39 is 6.10 Å². The summed E-state index contributed by atoms with van der Waals surface area (Å²) in [6.45, 7) is 8.71. The van der Waals surface area contributed by atoms with Crippen LogP contribution in [0.3, 0.4) is 0 Å².